The monoisotopic (exact) mass is 285 g/mol. The second kappa shape index (κ2) is 6.52. The second-order valence-electron chi connectivity index (χ2n) is 5.78. The van der Waals surface area contributed by atoms with Gasteiger partial charge in [-0.05, 0) is 37.8 Å². The van der Waals surface area contributed by atoms with Crippen LogP contribution in [0.5, 0.6) is 0 Å². The molecule has 5 heteroatoms. The van der Waals surface area contributed by atoms with Crippen LogP contribution < -0.4 is 10.6 Å². The first-order valence-corrected chi connectivity index (χ1v) is 7.30. The molecular weight excluding hydrogens is 262 g/mol. The van der Waals surface area contributed by atoms with Gasteiger partial charge in [0.15, 0.2) is 5.82 Å². The van der Waals surface area contributed by atoms with E-state index in [4.69, 9.17) is 0 Å². The summed E-state index contributed by atoms with van der Waals surface area (Å²) in [6.07, 6.45) is 1.64. The molecule has 5 nitrogen and oxygen atoms in total. The van der Waals surface area contributed by atoms with Gasteiger partial charge in [-0.25, -0.2) is 0 Å². The first-order chi connectivity index (χ1) is 9.97. The molecule has 0 radical (unpaired) electrons. The molecule has 0 amide bonds. The quantitative estimate of drug-likeness (QED) is 0.873. The van der Waals surface area contributed by atoms with Crippen LogP contribution in [0.2, 0.25) is 0 Å². The minimum atomic E-state index is 0.270. The van der Waals surface area contributed by atoms with Crippen LogP contribution in [0.4, 0.5) is 17.5 Å². The molecule has 0 atom stereocenters. The summed E-state index contributed by atoms with van der Waals surface area (Å²) >= 11 is 0. The van der Waals surface area contributed by atoms with Gasteiger partial charge in [0.2, 0.25) is 5.95 Å². The van der Waals surface area contributed by atoms with Crippen molar-refractivity contribution in [2.24, 2.45) is 0 Å². The van der Waals surface area contributed by atoms with Crippen LogP contribution >= 0.6 is 0 Å². The van der Waals surface area contributed by atoms with Crippen molar-refractivity contribution in [1.29, 1.82) is 0 Å². The molecule has 0 fully saturated rings. The van der Waals surface area contributed by atoms with E-state index in [9.17, 15) is 0 Å². The van der Waals surface area contributed by atoms with E-state index in [1.165, 1.54) is 11.1 Å². The van der Waals surface area contributed by atoms with Gasteiger partial charge in [0.05, 0.1) is 6.20 Å². The Morgan fingerprint density at radius 1 is 1.10 bits per heavy atom. The average molecular weight is 285 g/mol. The maximum absolute atomic E-state index is 4.45. The van der Waals surface area contributed by atoms with Gasteiger partial charge in [-0.3, -0.25) is 0 Å². The summed E-state index contributed by atoms with van der Waals surface area (Å²) in [4.78, 5) is 4.45. The fourth-order valence-electron chi connectivity index (χ4n) is 2.15. The molecule has 0 unspecified atom stereocenters. The van der Waals surface area contributed by atoms with Gasteiger partial charge in [-0.1, -0.05) is 32.0 Å². The van der Waals surface area contributed by atoms with E-state index >= 15 is 0 Å². The SMILES string of the molecule is Cc1cccc(C(C)C)c1Nc1cnnc(NC(C)C)n1. The average Bonchev–Trinajstić information content (AvgIpc) is 2.40. The Bertz CT molecular complexity index is 607. The number of aryl methyl sites for hydroxylation is 1. The van der Waals surface area contributed by atoms with Gasteiger partial charge in [0.1, 0.15) is 0 Å². The molecular formula is C16H23N5. The number of benzene rings is 1. The van der Waals surface area contributed by atoms with Gasteiger partial charge in [0, 0.05) is 11.7 Å². The Hall–Kier alpha value is -2.17. The summed E-state index contributed by atoms with van der Waals surface area (Å²) in [5, 5.41) is 14.5. The van der Waals surface area contributed by atoms with Crippen molar-refractivity contribution in [3.63, 3.8) is 0 Å². The number of anilines is 3. The van der Waals surface area contributed by atoms with Gasteiger partial charge >= 0.3 is 0 Å². The zero-order valence-corrected chi connectivity index (χ0v) is 13.3. The molecule has 0 bridgehead atoms. The molecule has 1 aromatic carbocycles. The number of hydrogen-bond acceptors (Lipinski definition) is 5. The van der Waals surface area contributed by atoms with Crippen LogP contribution in [0.25, 0.3) is 0 Å². The zero-order chi connectivity index (χ0) is 15.4. The Kier molecular flexibility index (Phi) is 4.73. The van der Waals surface area contributed by atoms with E-state index < -0.39 is 0 Å². The smallest absolute Gasteiger partial charge is 0.244 e. The highest BCUT2D eigenvalue weighted by molar-refractivity contribution is 5.65. The first-order valence-electron chi connectivity index (χ1n) is 7.30. The van der Waals surface area contributed by atoms with Crippen molar-refractivity contribution in [3.8, 4) is 0 Å². The molecule has 0 aliphatic rings. The number of para-hydroxylation sites is 1. The Labute approximate surface area is 126 Å². The van der Waals surface area contributed by atoms with E-state index in [0.717, 1.165) is 5.69 Å². The summed E-state index contributed by atoms with van der Waals surface area (Å²) in [6.45, 7) is 10.5. The predicted octanol–water partition coefficient (Wildman–Crippen LogP) is 3.87. The number of hydrogen-bond donors (Lipinski definition) is 2. The maximum atomic E-state index is 4.45. The van der Waals surface area contributed by atoms with Crippen molar-refractivity contribution >= 4 is 17.5 Å². The number of aromatic nitrogens is 3. The molecule has 2 aromatic rings. The lowest BCUT2D eigenvalue weighted by atomic mass is 9.98. The van der Waals surface area contributed by atoms with Crippen LogP contribution in [-0.2, 0) is 0 Å². The molecule has 2 rings (SSSR count). The standard InChI is InChI=1S/C16H23N5/c1-10(2)13-8-6-7-12(5)15(13)19-14-9-17-21-16(20-14)18-11(3)4/h6-11H,1-5H3,(H2,18,19,20,21). The molecule has 0 saturated carbocycles. The molecule has 112 valence electrons. The third-order valence-corrected chi connectivity index (χ3v) is 3.16. The Morgan fingerprint density at radius 3 is 2.52 bits per heavy atom. The van der Waals surface area contributed by atoms with Crippen molar-refractivity contribution in [3.05, 3.63) is 35.5 Å². The lowest BCUT2D eigenvalue weighted by molar-refractivity contribution is 0.851. The van der Waals surface area contributed by atoms with Crippen LogP contribution in [0.15, 0.2) is 24.4 Å². The molecule has 0 spiro atoms. The molecule has 0 aliphatic carbocycles. The van der Waals surface area contributed by atoms with Crippen molar-refractivity contribution in [2.75, 3.05) is 10.6 Å². The number of nitrogens with zero attached hydrogens (tertiary/aromatic N) is 3. The normalized spacial score (nSPS) is 11.0. The molecule has 2 N–H and O–H groups in total. The predicted molar refractivity (Wildman–Crippen MR) is 87.1 cm³/mol. The van der Waals surface area contributed by atoms with Crippen molar-refractivity contribution in [2.45, 2.75) is 46.6 Å². The van der Waals surface area contributed by atoms with Gasteiger partial charge in [0.25, 0.3) is 0 Å². The highest BCUT2D eigenvalue weighted by Crippen LogP contribution is 2.29. The lowest BCUT2D eigenvalue weighted by Gasteiger charge is -2.17. The van der Waals surface area contributed by atoms with E-state index in [1.807, 2.05) is 13.8 Å². The minimum Gasteiger partial charge on any atom is -0.351 e. The third-order valence-electron chi connectivity index (χ3n) is 3.16. The van der Waals surface area contributed by atoms with E-state index in [1.54, 1.807) is 6.20 Å². The van der Waals surface area contributed by atoms with Gasteiger partial charge < -0.3 is 10.6 Å². The third kappa shape index (κ3) is 3.90. The molecule has 0 aliphatic heterocycles. The van der Waals surface area contributed by atoms with E-state index in [0.29, 0.717) is 17.7 Å². The van der Waals surface area contributed by atoms with E-state index in [2.05, 4.69) is 64.8 Å². The zero-order valence-electron chi connectivity index (χ0n) is 13.3. The largest absolute Gasteiger partial charge is 0.351 e. The summed E-state index contributed by atoms with van der Waals surface area (Å²) < 4.78 is 0. The number of rotatable bonds is 5. The van der Waals surface area contributed by atoms with E-state index in [-0.39, 0.29) is 6.04 Å². The highest BCUT2D eigenvalue weighted by atomic mass is 15.3. The van der Waals surface area contributed by atoms with Gasteiger partial charge in [-0.15, -0.1) is 5.10 Å². The molecule has 0 saturated heterocycles. The first kappa shape index (κ1) is 15.2. The van der Waals surface area contributed by atoms with Crippen molar-refractivity contribution in [1.82, 2.24) is 15.2 Å². The Balaban J connectivity index is 2.30. The summed E-state index contributed by atoms with van der Waals surface area (Å²) in [6, 6.07) is 6.59. The molecule has 21 heavy (non-hydrogen) atoms. The fourth-order valence-corrected chi connectivity index (χ4v) is 2.15. The summed E-state index contributed by atoms with van der Waals surface area (Å²) in [7, 11) is 0. The molecule has 1 aromatic heterocycles. The van der Waals surface area contributed by atoms with Crippen LogP contribution in [0.1, 0.15) is 44.7 Å². The van der Waals surface area contributed by atoms with Crippen LogP contribution in [0, 0.1) is 6.92 Å². The summed E-state index contributed by atoms with van der Waals surface area (Å²) in [5.74, 6) is 1.68. The maximum Gasteiger partial charge on any atom is 0.244 e. The van der Waals surface area contributed by atoms with Gasteiger partial charge in [-0.2, -0.15) is 10.1 Å². The van der Waals surface area contributed by atoms with Crippen LogP contribution in [-0.4, -0.2) is 21.2 Å². The number of nitrogens with one attached hydrogen (secondary N) is 2. The summed E-state index contributed by atoms with van der Waals surface area (Å²) in [5.41, 5.74) is 3.56. The Morgan fingerprint density at radius 2 is 1.86 bits per heavy atom. The second-order valence-corrected chi connectivity index (χ2v) is 5.78. The molecule has 1 heterocycles. The fraction of sp³-hybridized carbons (Fsp3) is 0.438. The topological polar surface area (TPSA) is 62.7 Å². The lowest BCUT2D eigenvalue weighted by Crippen LogP contribution is -2.14. The highest BCUT2D eigenvalue weighted by Gasteiger charge is 2.10. The van der Waals surface area contributed by atoms with Crippen molar-refractivity contribution < 1.29 is 0 Å². The minimum absolute atomic E-state index is 0.270. The van der Waals surface area contributed by atoms with Crippen LogP contribution in [0.3, 0.4) is 0 Å².